The van der Waals surface area contributed by atoms with Crippen LogP contribution in [-0.2, 0) is 12.6 Å². The molecule has 0 saturated carbocycles. The van der Waals surface area contributed by atoms with Crippen LogP contribution in [0, 0.1) is 0 Å². The molecule has 0 spiro atoms. The standard InChI is InChI=1S/C21H19ClF3N3O4/c1-30-16-9-13(10-17(11-16)31-2)7-8-26-20(29)32-18-12-27-28(19(18)21(23,24)25)15-5-3-14(22)4-6-15/h3-6,9-12H,7-8H2,1-2H3,(H,26,29). The van der Waals surface area contributed by atoms with Crippen LogP contribution in [0.25, 0.3) is 5.69 Å². The van der Waals surface area contributed by atoms with Gasteiger partial charge in [0.2, 0.25) is 0 Å². The Balaban J connectivity index is 1.69. The fraction of sp³-hybridized carbons (Fsp3) is 0.238. The number of amides is 1. The molecular formula is C21H19ClF3N3O4. The minimum absolute atomic E-state index is 0.113. The number of alkyl halides is 3. The highest BCUT2D eigenvalue weighted by Crippen LogP contribution is 2.37. The molecule has 0 unspecified atom stereocenters. The number of hydrogen-bond acceptors (Lipinski definition) is 5. The van der Waals surface area contributed by atoms with E-state index in [1.807, 2.05) is 0 Å². The summed E-state index contributed by atoms with van der Waals surface area (Å²) < 4.78 is 56.8. The zero-order valence-corrected chi connectivity index (χ0v) is 17.8. The Labute approximate surface area is 186 Å². The van der Waals surface area contributed by atoms with Gasteiger partial charge in [-0.25, -0.2) is 9.48 Å². The average molecular weight is 470 g/mol. The van der Waals surface area contributed by atoms with E-state index in [9.17, 15) is 18.0 Å². The number of hydrogen-bond donors (Lipinski definition) is 1. The van der Waals surface area contributed by atoms with Crippen molar-refractivity contribution in [1.82, 2.24) is 15.1 Å². The van der Waals surface area contributed by atoms with Crippen molar-refractivity contribution in [2.24, 2.45) is 0 Å². The highest BCUT2D eigenvalue weighted by atomic mass is 35.5. The van der Waals surface area contributed by atoms with E-state index in [0.29, 0.717) is 27.6 Å². The fourth-order valence-electron chi connectivity index (χ4n) is 2.90. The van der Waals surface area contributed by atoms with Gasteiger partial charge in [-0.15, -0.1) is 0 Å². The van der Waals surface area contributed by atoms with Crippen LogP contribution >= 0.6 is 11.6 Å². The summed E-state index contributed by atoms with van der Waals surface area (Å²) in [6.45, 7) is 0.113. The molecule has 11 heteroatoms. The van der Waals surface area contributed by atoms with Crippen LogP contribution in [0.5, 0.6) is 17.2 Å². The first kappa shape index (κ1) is 23.3. The van der Waals surface area contributed by atoms with Gasteiger partial charge >= 0.3 is 12.3 Å². The van der Waals surface area contributed by atoms with E-state index in [1.165, 1.54) is 38.5 Å². The third-order valence-corrected chi connectivity index (χ3v) is 4.62. The molecule has 0 fully saturated rings. The lowest BCUT2D eigenvalue weighted by Gasteiger charge is -2.13. The van der Waals surface area contributed by atoms with Crippen LogP contribution in [0.3, 0.4) is 0 Å². The maximum atomic E-state index is 13.7. The van der Waals surface area contributed by atoms with Gasteiger partial charge in [0, 0.05) is 17.6 Å². The molecule has 0 bridgehead atoms. The van der Waals surface area contributed by atoms with Crippen LogP contribution in [0.1, 0.15) is 11.3 Å². The molecule has 0 aliphatic carbocycles. The van der Waals surface area contributed by atoms with Crippen molar-refractivity contribution in [2.75, 3.05) is 20.8 Å². The van der Waals surface area contributed by atoms with Crippen LogP contribution in [0.2, 0.25) is 5.02 Å². The molecule has 1 N–H and O–H groups in total. The second-order valence-corrected chi connectivity index (χ2v) is 6.97. The Morgan fingerprint density at radius 2 is 1.72 bits per heavy atom. The molecule has 1 aromatic heterocycles. The first-order valence-corrected chi connectivity index (χ1v) is 9.68. The van der Waals surface area contributed by atoms with Gasteiger partial charge in [-0.3, -0.25) is 0 Å². The van der Waals surface area contributed by atoms with Crippen LogP contribution in [0.15, 0.2) is 48.7 Å². The maximum absolute atomic E-state index is 13.7. The summed E-state index contributed by atoms with van der Waals surface area (Å²) in [4.78, 5) is 12.1. The minimum atomic E-state index is -4.82. The molecule has 0 saturated heterocycles. The van der Waals surface area contributed by atoms with Gasteiger partial charge in [0.1, 0.15) is 11.5 Å². The van der Waals surface area contributed by atoms with Gasteiger partial charge in [0.05, 0.1) is 26.1 Å². The number of nitrogens with one attached hydrogen (secondary N) is 1. The lowest BCUT2D eigenvalue weighted by atomic mass is 10.1. The number of carbonyl (C=O) groups excluding carboxylic acids is 1. The number of halogens is 4. The van der Waals surface area contributed by atoms with Crippen molar-refractivity contribution in [3.05, 3.63) is 64.9 Å². The van der Waals surface area contributed by atoms with Crippen LogP contribution in [-0.4, -0.2) is 36.6 Å². The molecule has 7 nitrogen and oxygen atoms in total. The summed E-state index contributed by atoms with van der Waals surface area (Å²) in [5.41, 5.74) is -0.301. The van der Waals surface area contributed by atoms with E-state index in [2.05, 4.69) is 10.4 Å². The van der Waals surface area contributed by atoms with Crippen molar-refractivity contribution < 1.29 is 32.2 Å². The van der Waals surface area contributed by atoms with Gasteiger partial charge in [0.15, 0.2) is 11.4 Å². The average Bonchev–Trinajstić information content (AvgIpc) is 3.17. The van der Waals surface area contributed by atoms with Crippen LogP contribution in [0.4, 0.5) is 18.0 Å². The third kappa shape index (κ3) is 5.64. The quantitative estimate of drug-likeness (QED) is 0.533. The summed E-state index contributed by atoms with van der Waals surface area (Å²) in [6.07, 6.45) is -4.65. The number of benzene rings is 2. The van der Waals surface area contributed by atoms with Gasteiger partial charge < -0.3 is 19.5 Å². The molecule has 1 heterocycles. The van der Waals surface area contributed by atoms with Gasteiger partial charge in [-0.2, -0.15) is 18.3 Å². The number of methoxy groups -OCH3 is 2. The largest absolute Gasteiger partial charge is 0.497 e. The molecule has 0 aliphatic rings. The van der Waals surface area contributed by atoms with E-state index in [-0.39, 0.29) is 12.2 Å². The summed E-state index contributed by atoms with van der Waals surface area (Å²) in [5, 5.41) is 6.51. The maximum Gasteiger partial charge on any atom is 0.437 e. The number of aromatic nitrogens is 2. The lowest BCUT2D eigenvalue weighted by molar-refractivity contribution is -0.143. The predicted molar refractivity (Wildman–Crippen MR) is 111 cm³/mol. The van der Waals surface area contributed by atoms with Gasteiger partial charge in [0.25, 0.3) is 0 Å². The van der Waals surface area contributed by atoms with Crippen molar-refractivity contribution in [3.8, 4) is 22.9 Å². The first-order chi connectivity index (χ1) is 15.2. The zero-order valence-electron chi connectivity index (χ0n) is 17.1. The number of nitrogens with zero attached hydrogens (tertiary/aromatic N) is 2. The normalized spacial score (nSPS) is 11.2. The smallest absolute Gasteiger partial charge is 0.437 e. The monoisotopic (exact) mass is 469 g/mol. The molecule has 0 aliphatic heterocycles. The highest BCUT2D eigenvalue weighted by molar-refractivity contribution is 6.30. The zero-order chi connectivity index (χ0) is 23.3. The molecular weight excluding hydrogens is 451 g/mol. The SMILES string of the molecule is COc1cc(CCNC(=O)Oc2cnn(-c3ccc(Cl)cc3)c2C(F)(F)F)cc(OC)c1. The molecule has 3 aromatic rings. The van der Waals surface area contributed by atoms with E-state index in [4.69, 9.17) is 25.8 Å². The Bertz CT molecular complexity index is 1060. The van der Waals surface area contributed by atoms with Crippen molar-refractivity contribution in [3.63, 3.8) is 0 Å². The molecule has 0 radical (unpaired) electrons. The van der Waals surface area contributed by atoms with Crippen molar-refractivity contribution in [1.29, 1.82) is 0 Å². The summed E-state index contributed by atoms with van der Waals surface area (Å²) in [6, 6.07) is 10.8. The molecule has 0 atom stereocenters. The summed E-state index contributed by atoms with van der Waals surface area (Å²) >= 11 is 5.79. The molecule has 32 heavy (non-hydrogen) atoms. The Morgan fingerprint density at radius 3 is 2.28 bits per heavy atom. The lowest BCUT2D eigenvalue weighted by Crippen LogP contribution is -2.29. The molecule has 3 rings (SSSR count). The topological polar surface area (TPSA) is 74.6 Å². The van der Waals surface area contributed by atoms with E-state index >= 15 is 0 Å². The Morgan fingerprint density at radius 1 is 1.09 bits per heavy atom. The molecule has 1 amide bonds. The Kier molecular flexibility index (Phi) is 7.14. The predicted octanol–water partition coefficient (Wildman–Crippen LogP) is 4.89. The second-order valence-electron chi connectivity index (χ2n) is 6.53. The fourth-order valence-corrected chi connectivity index (χ4v) is 3.03. The van der Waals surface area contributed by atoms with Crippen molar-refractivity contribution >= 4 is 17.7 Å². The molecule has 170 valence electrons. The van der Waals surface area contributed by atoms with E-state index in [1.54, 1.807) is 18.2 Å². The van der Waals surface area contributed by atoms with E-state index in [0.717, 1.165) is 11.8 Å². The summed E-state index contributed by atoms with van der Waals surface area (Å²) in [7, 11) is 3.02. The van der Waals surface area contributed by atoms with Gasteiger partial charge in [-0.1, -0.05) is 11.6 Å². The number of rotatable bonds is 7. The Hall–Kier alpha value is -3.40. The van der Waals surface area contributed by atoms with E-state index < -0.39 is 23.7 Å². The van der Waals surface area contributed by atoms with Crippen molar-refractivity contribution in [2.45, 2.75) is 12.6 Å². The first-order valence-electron chi connectivity index (χ1n) is 9.30. The minimum Gasteiger partial charge on any atom is -0.497 e. The highest BCUT2D eigenvalue weighted by Gasteiger charge is 2.40. The van der Waals surface area contributed by atoms with Crippen LogP contribution < -0.4 is 19.5 Å². The number of carbonyl (C=O) groups is 1. The van der Waals surface area contributed by atoms with Gasteiger partial charge in [-0.05, 0) is 48.4 Å². The second kappa shape index (κ2) is 9.82. The molecule has 2 aromatic carbocycles. The summed E-state index contributed by atoms with van der Waals surface area (Å²) in [5.74, 6) is 0.436. The number of ether oxygens (including phenoxy) is 3. The third-order valence-electron chi connectivity index (χ3n) is 4.37.